The summed E-state index contributed by atoms with van der Waals surface area (Å²) < 4.78 is 2.57. The van der Waals surface area contributed by atoms with Gasteiger partial charge in [0.1, 0.15) is 5.82 Å². The maximum absolute atomic E-state index is 5.03. The van der Waals surface area contributed by atoms with E-state index in [1.54, 1.807) is 0 Å². The van der Waals surface area contributed by atoms with Crippen LogP contribution >= 0.6 is 11.3 Å². The van der Waals surface area contributed by atoms with Crippen molar-refractivity contribution in [2.45, 2.75) is 26.2 Å². The lowest BCUT2D eigenvalue weighted by Gasteiger charge is -2.19. The zero-order valence-electron chi connectivity index (χ0n) is 20.0. The van der Waals surface area contributed by atoms with Gasteiger partial charge in [-0.25, -0.2) is 15.0 Å². The van der Waals surface area contributed by atoms with Crippen LogP contribution in [0.15, 0.2) is 97.1 Å². The summed E-state index contributed by atoms with van der Waals surface area (Å²) in [5.74, 6) is 2.20. The van der Waals surface area contributed by atoms with E-state index in [2.05, 4.69) is 106 Å². The third kappa shape index (κ3) is 4.00. The monoisotopic (exact) mass is 471 g/mol. The third-order valence-electron chi connectivity index (χ3n) is 6.19. The highest BCUT2D eigenvalue weighted by atomic mass is 32.1. The molecule has 0 bridgehead atoms. The second-order valence-electron chi connectivity index (χ2n) is 9.78. The van der Waals surface area contributed by atoms with Gasteiger partial charge in [0.15, 0.2) is 11.6 Å². The lowest BCUT2D eigenvalue weighted by atomic mass is 9.95. The molecule has 6 rings (SSSR count). The Bertz CT molecular complexity index is 1680. The molecule has 0 aliphatic carbocycles. The Labute approximate surface area is 209 Å². The molecule has 170 valence electrons. The lowest BCUT2D eigenvalue weighted by molar-refractivity contribution is 0.543. The van der Waals surface area contributed by atoms with E-state index < -0.39 is 0 Å². The predicted molar refractivity (Wildman–Crippen MR) is 148 cm³/mol. The summed E-state index contributed by atoms with van der Waals surface area (Å²) in [7, 11) is 0. The van der Waals surface area contributed by atoms with Gasteiger partial charge in [0.05, 0.1) is 0 Å². The number of fused-ring (bicyclic) bond motifs is 3. The fraction of sp³-hybridized carbons (Fsp3) is 0.129. The molecule has 6 aromatic rings. The van der Waals surface area contributed by atoms with Crippen LogP contribution in [0.3, 0.4) is 0 Å². The van der Waals surface area contributed by atoms with E-state index in [1.165, 1.54) is 20.2 Å². The molecule has 0 radical (unpaired) electrons. The average Bonchev–Trinajstić information content (AvgIpc) is 3.26. The van der Waals surface area contributed by atoms with Crippen LogP contribution in [0.2, 0.25) is 0 Å². The summed E-state index contributed by atoms with van der Waals surface area (Å²) in [6, 6.07) is 33.9. The number of nitrogens with zero attached hydrogens (tertiary/aromatic N) is 3. The van der Waals surface area contributed by atoms with Gasteiger partial charge in [-0.15, -0.1) is 11.3 Å². The molecule has 35 heavy (non-hydrogen) atoms. The van der Waals surface area contributed by atoms with E-state index in [9.17, 15) is 0 Å². The standard InChI is InChI=1S/C31H25N3S/c1-31(2,3)30-33-28(21-17-18-27-25(19-21)23-14-9-10-16-26(23)35-27)32-29(34-30)24-15-8-7-13-22(24)20-11-5-4-6-12-20/h4-19H,1-3H3. The SMILES string of the molecule is CC(C)(C)c1nc(-c2ccc3sc4ccccc4c3c2)nc(-c2ccccc2-c2ccccc2)n1. The van der Waals surface area contributed by atoms with Gasteiger partial charge in [0.2, 0.25) is 0 Å². The molecule has 0 N–H and O–H groups in total. The highest BCUT2D eigenvalue weighted by molar-refractivity contribution is 7.25. The van der Waals surface area contributed by atoms with Gasteiger partial charge in [-0.2, -0.15) is 0 Å². The second-order valence-corrected chi connectivity index (χ2v) is 10.9. The van der Waals surface area contributed by atoms with Crippen LogP contribution in [0.5, 0.6) is 0 Å². The van der Waals surface area contributed by atoms with E-state index in [0.717, 1.165) is 28.1 Å². The second kappa shape index (κ2) is 8.40. The molecular formula is C31H25N3S. The van der Waals surface area contributed by atoms with Gasteiger partial charge >= 0.3 is 0 Å². The van der Waals surface area contributed by atoms with Gasteiger partial charge in [-0.3, -0.25) is 0 Å². The molecule has 0 amide bonds. The van der Waals surface area contributed by atoms with Crippen molar-refractivity contribution >= 4 is 31.5 Å². The Hall–Kier alpha value is -3.89. The molecular weight excluding hydrogens is 446 g/mol. The van der Waals surface area contributed by atoms with Crippen molar-refractivity contribution in [2.75, 3.05) is 0 Å². The van der Waals surface area contributed by atoms with Crippen molar-refractivity contribution in [2.24, 2.45) is 0 Å². The summed E-state index contributed by atoms with van der Waals surface area (Å²) >= 11 is 1.82. The molecule has 0 saturated heterocycles. The first-order chi connectivity index (χ1) is 17.0. The molecule has 0 atom stereocenters. The van der Waals surface area contributed by atoms with Crippen LogP contribution in [0.1, 0.15) is 26.6 Å². The summed E-state index contributed by atoms with van der Waals surface area (Å²) in [6.45, 7) is 6.44. The third-order valence-corrected chi connectivity index (χ3v) is 7.35. The van der Waals surface area contributed by atoms with E-state index in [4.69, 9.17) is 15.0 Å². The summed E-state index contributed by atoms with van der Waals surface area (Å²) in [5, 5.41) is 2.51. The van der Waals surface area contributed by atoms with Crippen LogP contribution in [0.4, 0.5) is 0 Å². The maximum Gasteiger partial charge on any atom is 0.164 e. The number of hydrogen-bond donors (Lipinski definition) is 0. The molecule has 0 unspecified atom stereocenters. The van der Waals surface area contributed by atoms with Crippen LogP contribution < -0.4 is 0 Å². The first kappa shape index (κ1) is 21.6. The average molecular weight is 472 g/mol. The zero-order chi connectivity index (χ0) is 24.0. The Morgan fingerprint density at radius 3 is 2.00 bits per heavy atom. The Kier molecular flexibility index (Phi) is 5.19. The van der Waals surface area contributed by atoms with Crippen molar-refractivity contribution in [1.82, 2.24) is 15.0 Å². The Morgan fingerprint density at radius 1 is 0.543 bits per heavy atom. The molecule has 0 fully saturated rings. The van der Waals surface area contributed by atoms with Crippen molar-refractivity contribution in [3.8, 4) is 33.9 Å². The number of hydrogen-bond acceptors (Lipinski definition) is 4. The molecule has 2 aromatic heterocycles. The van der Waals surface area contributed by atoms with Gasteiger partial charge in [0.25, 0.3) is 0 Å². The predicted octanol–water partition coefficient (Wildman–Crippen LogP) is 8.54. The quantitative estimate of drug-likeness (QED) is 0.259. The minimum atomic E-state index is -0.215. The number of rotatable bonds is 3. The topological polar surface area (TPSA) is 38.7 Å². The highest BCUT2D eigenvalue weighted by Crippen LogP contribution is 2.37. The van der Waals surface area contributed by atoms with Crippen molar-refractivity contribution in [3.05, 3.63) is 103 Å². The highest BCUT2D eigenvalue weighted by Gasteiger charge is 2.22. The first-order valence-electron chi connectivity index (χ1n) is 11.8. The van der Waals surface area contributed by atoms with E-state index in [1.807, 2.05) is 23.5 Å². The first-order valence-corrected chi connectivity index (χ1v) is 12.6. The van der Waals surface area contributed by atoms with Crippen LogP contribution in [-0.2, 0) is 5.41 Å². The van der Waals surface area contributed by atoms with Crippen molar-refractivity contribution in [1.29, 1.82) is 0 Å². The molecule has 0 saturated carbocycles. The van der Waals surface area contributed by atoms with Gasteiger partial charge in [-0.1, -0.05) is 93.6 Å². The van der Waals surface area contributed by atoms with Gasteiger partial charge in [-0.05, 0) is 35.4 Å². The Balaban J connectivity index is 1.57. The normalized spacial score (nSPS) is 11.9. The van der Waals surface area contributed by atoms with E-state index >= 15 is 0 Å². The Morgan fingerprint density at radius 2 is 1.20 bits per heavy atom. The van der Waals surface area contributed by atoms with Crippen molar-refractivity contribution in [3.63, 3.8) is 0 Å². The lowest BCUT2D eigenvalue weighted by Crippen LogP contribution is -2.18. The minimum absolute atomic E-state index is 0.215. The molecule has 2 heterocycles. The zero-order valence-corrected chi connectivity index (χ0v) is 20.8. The minimum Gasteiger partial charge on any atom is -0.212 e. The maximum atomic E-state index is 5.03. The number of benzene rings is 4. The van der Waals surface area contributed by atoms with E-state index in [-0.39, 0.29) is 5.41 Å². The molecule has 3 nitrogen and oxygen atoms in total. The van der Waals surface area contributed by atoms with Crippen molar-refractivity contribution < 1.29 is 0 Å². The van der Waals surface area contributed by atoms with Crippen LogP contribution in [0.25, 0.3) is 54.1 Å². The van der Waals surface area contributed by atoms with Gasteiger partial charge < -0.3 is 0 Å². The molecule has 4 aromatic carbocycles. The van der Waals surface area contributed by atoms with Crippen LogP contribution in [0, 0.1) is 0 Å². The molecule has 4 heteroatoms. The number of aromatic nitrogens is 3. The smallest absolute Gasteiger partial charge is 0.164 e. The largest absolute Gasteiger partial charge is 0.212 e. The van der Waals surface area contributed by atoms with E-state index in [0.29, 0.717) is 11.6 Å². The molecule has 0 aliphatic heterocycles. The summed E-state index contributed by atoms with van der Waals surface area (Å²) in [6.07, 6.45) is 0. The summed E-state index contributed by atoms with van der Waals surface area (Å²) in [5.41, 5.74) is 4.06. The summed E-state index contributed by atoms with van der Waals surface area (Å²) in [4.78, 5) is 14.9. The molecule has 0 spiro atoms. The van der Waals surface area contributed by atoms with Gasteiger partial charge in [0, 0.05) is 36.7 Å². The number of thiophene rings is 1. The fourth-order valence-corrected chi connectivity index (χ4v) is 5.46. The molecule has 0 aliphatic rings. The van der Waals surface area contributed by atoms with Crippen LogP contribution in [-0.4, -0.2) is 15.0 Å². The fourth-order valence-electron chi connectivity index (χ4n) is 4.37.